The highest BCUT2D eigenvalue weighted by molar-refractivity contribution is 6.02. The molecule has 3 aromatic rings. The minimum atomic E-state index is -1.05. The smallest absolute Gasteiger partial charge is 0.374 e. The number of ether oxygens (including phenoxy) is 1. The van der Waals surface area contributed by atoms with Crippen molar-refractivity contribution in [2.24, 2.45) is 0 Å². The van der Waals surface area contributed by atoms with Crippen molar-refractivity contribution in [3.63, 3.8) is 0 Å². The Bertz CT molecular complexity index is 1120. The van der Waals surface area contributed by atoms with Crippen molar-refractivity contribution in [1.29, 1.82) is 0 Å². The topological polar surface area (TPSA) is 115 Å². The number of carbonyl (C=O) groups excluding carboxylic acids is 3. The fourth-order valence-electron chi connectivity index (χ4n) is 2.29. The lowest BCUT2D eigenvalue weighted by atomic mass is 10.2. The molecule has 8 nitrogen and oxygen atoms in total. The molecular formula is C19H13FN2O6. The number of halogens is 1. The van der Waals surface area contributed by atoms with Gasteiger partial charge >= 0.3 is 12.0 Å². The quantitative estimate of drug-likeness (QED) is 0.668. The first kappa shape index (κ1) is 18.8. The second kappa shape index (κ2) is 8.12. The van der Waals surface area contributed by atoms with Gasteiger partial charge in [-0.05, 0) is 24.3 Å². The predicted molar refractivity (Wildman–Crippen MR) is 96.3 cm³/mol. The van der Waals surface area contributed by atoms with Crippen LogP contribution in [0.2, 0.25) is 0 Å². The average molecular weight is 384 g/mol. The van der Waals surface area contributed by atoms with Crippen LogP contribution in [0.5, 0.6) is 0 Å². The molecule has 0 aliphatic carbocycles. The summed E-state index contributed by atoms with van der Waals surface area (Å²) in [6.07, 6.45) is 0. The molecule has 9 heteroatoms. The Morgan fingerprint density at radius 3 is 2.54 bits per heavy atom. The van der Waals surface area contributed by atoms with Gasteiger partial charge in [-0.25, -0.2) is 14.0 Å². The molecule has 0 aliphatic rings. The van der Waals surface area contributed by atoms with Crippen LogP contribution in [0.4, 0.5) is 14.9 Å². The highest BCUT2D eigenvalue weighted by Crippen LogP contribution is 2.13. The van der Waals surface area contributed by atoms with Gasteiger partial charge in [-0.1, -0.05) is 24.3 Å². The zero-order valence-electron chi connectivity index (χ0n) is 14.2. The van der Waals surface area contributed by atoms with E-state index in [1.165, 1.54) is 30.3 Å². The first-order valence-corrected chi connectivity index (χ1v) is 7.99. The Balaban J connectivity index is 1.57. The second-order valence-corrected chi connectivity index (χ2v) is 5.53. The average Bonchev–Trinajstić information content (AvgIpc) is 2.68. The number of urea groups is 1. The van der Waals surface area contributed by atoms with Gasteiger partial charge in [-0.15, -0.1) is 0 Å². The maximum absolute atomic E-state index is 13.4. The summed E-state index contributed by atoms with van der Waals surface area (Å²) in [5.74, 6) is -3.06. The van der Waals surface area contributed by atoms with Gasteiger partial charge in [0.15, 0.2) is 12.0 Å². The monoisotopic (exact) mass is 384 g/mol. The number of amides is 3. The second-order valence-electron chi connectivity index (χ2n) is 5.53. The van der Waals surface area contributed by atoms with Crippen molar-refractivity contribution in [2.75, 3.05) is 11.9 Å². The van der Waals surface area contributed by atoms with Crippen LogP contribution in [0.15, 0.2) is 63.8 Å². The van der Waals surface area contributed by atoms with Crippen molar-refractivity contribution in [3.05, 3.63) is 76.4 Å². The third kappa shape index (κ3) is 4.39. The third-order valence-corrected chi connectivity index (χ3v) is 3.55. The minimum absolute atomic E-state index is 0.122. The predicted octanol–water partition coefficient (Wildman–Crippen LogP) is 2.44. The fourth-order valence-corrected chi connectivity index (χ4v) is 2.29. The molecule has 2 aromatic carbocycles. The van der Waals surface area contributed by atoms with Crippen molar-refractivity contribution in [2.45, 2.75) is 0 Å². The van der Waals surface area contributed by atoms with E-state index in [4.69, 9.17) is 9.15 Å². The maximum Gasteiger partial charge on any atom is 0.374 e. The first-order valence-electron chi connectivity index (χ1n) is 7.99. The van der Waals surface area contributed by atoms with Crippen molar-refractivity contribution in [3.8, 4) is 0 Å². The molecule has 0 fully saturated rings. The summed E-state index contributed by atoms with van der Waals surface area (Å²) in [7, 11) is 0. The third-order valence-electron chi connectivity index (χ3n) is 3.55. The standard InChI is InChI=1S/C19H13FN2O6/c20-12-6-2-3-7-13(12)21-19(26)22-17(24)10-27-18(25)16-9-14(23)11-5-1-4-8-15(11)28-16/h1-9H,10H2,(H2,21,22,24,26). The summed E-state index contributed by atoms with van der Waals surface area (Å²) in [4.78, 5) is 47.3. The number of para-hydroxylation sites is 2. The van der Waals surface area contributed by atoms with Crippen LogP contribution < -0.4 is 16.1 Å². The molecule has 0 bridgehead atoms. The van der Waals surface area contributed by atoms with E-state index in [2.05, 4.69) is 5.32 Å². The first-order chi connectivity index (χ1) is 13.4. The molecule has 0 saturated heterocycles. The Kier molecular flexibility index (Phi) is 5.45. The van der Waals surface area contributed by atoms with Crippen molar-refractivity contribution < 1.29 is 27.9 Å². The van der Waals surface area contributed by atoms with Crippen LogP contribution in [0.3, 0.4) is 0 Å². The van der Waals surface area contributed by atoms with E-state index >= 15 is 0 Å². The molecule has 0 unspecified atom stereocenters. The van der Waals surface area contributed by atoms with Gasteiger partial charge in [0.1, 0.15) is 11.4 Å². The summed E-state index contributed by atoms with van der Waals surface area (Å²) in [6, 6.07) is 11.7. The SMILES string of the molecule is O=C(COC(=O)c1cc(=O)c2ccccc2o1)NC(=O)Nc1ccccc1F. The van der Waals surface area contributed by atoms with Gasteiger partial charge < -0.3 is 14.5 Å². The van der Waals surface area contributed by atoms with Crippen LogP contribution in [0.1, 0.15) is 10.6 Å². The van der Waals surface area contributed by atoms with Crippen molar-refractivity contribution in [1.82, 2.24) is 5.32 Å². The molecule has 142 valence electrons. The summed E-state index contributed by atoms with van der Waals surface area (Å²) < 4.78 is 23.5. The molecule has 3 rings (SSSR count). The van der Waals surface area contributed by atoms with E-state index in [1.807, 2.05) is 5.32 Å². The zero-order chi connectivity index (χ0) is 20.1. The Hall–Kier alpha value is -4.01. The fraction of sp³-hybridized carbons (Fsp3) is 0.0526. The van der Waals surface area contributed by atoms with Crippen LogP contribution >= 0.6 is 0 Å². The molecule has 1 heterocycles. The summed E-state index contributed by atoms with van der Waals surface area (Å²) >= 11 is 0. The number of nitrogens with one attached hydrogen (secondary N) is 2. The minimum Gasteiger partial charge on any atom is -0.450 e. The molecular weight excluding hydrogens is 371 g/mol. The summed E-state index contributed by atoms with van der Waals surface area (Å²) in [5, 5.41) is 4.31. The van der Waals surface area contributed by atoms with E-state index in [-0.39, 0.29) is 17.0 Å². The highest BCUT2D eigenvalue weighted by atomic mass is 19.1. The molecule has 3 amide bonds. The zero-order valence-corrected chi connectivity index (χ0v) is 14.2. The van der Waals surface area contributed by atoms with Crippen LogP contribution in [-0.4, -0.2) is 24.5 Å². The molecule has 0 spiro atoms. The number of carbonyl (C=O) groups is 3. The number of hydrogen-bond acceptors (Lipinski definition) is 6. The van der Waals surface area contributed by atoms with Gasteiger partial charge in [0.25, 0.3) is 5.91 Å². The molecule has 0 saturated carbocycles. The lowest BCUT2D eigenvalue weighted by Gasteiger charge is -2.08. The van der Waals surface area contributed by atoms with Gasteiger partial charge in [0, 0.05) is 6.07 Å². The summed E-state index contributed by atoms with van der Waals surface area (Å²) in [5.41, 5.74) is -0.374. The number of hydrogen-bond donors (Lipinski definition) is 2. The van der Waals surface area contributed by atoms with Crippen LogP contribution in [0.25, 0.3) is 11.0 Å². The Morgan fingerprint density at radius 2 is 1.75 bits per heavy atom. The molecule has 0 atom stereocenters. The summed E-state index contributed by atoms with van der Waals surface area (Å²) in [6.45, 7) is -0.805. The van der Waals surface area contributed by atoms with Crippen LogP contribution in [-0.2, 0) is 9.53 Å². The van der Waals surface area contributed by atoms with E-state index in [1.54, 1.807) is 12.1 Å². The number of rotatable bonds is 4. The van der Waals surface area contributed by atoms with Gasteiger partial charge in [0.05, 0.1) is 11.1 Å². The molecule has 28 heavy (non-hydrogen) atoms. The van der Waals surface area contributed by atoms with Gasteiger partial charge in [0.2, 0.25) is 5.76 Å². The largest absolute Gasteiger partial charge is 0.450 e. The molecule has 1 aromatic heterocycles. The highest BCUT2D eigenvalue weighted by Gasteiger charge is 2.17. The number of fused-ring (bicyclic) bond motifs is 1. The van der Waals surface area contributed by atoms with E-state index in [0.717, 1.165) is 12.1 Å². The van der Waals surface area contributed by atoms with E-state index in [9.17, 15) is 23.6 Å². The molecule has 0 aliphatic heterocycles. The number of imide groups is 1. The maximum atomic E-state index is 13.4. The lowest BCUT2D eigenvalue weighted by molar-refractivity contribution is -0.123. The van der Waals surface area contributed by atoms with Gasteiger partial charge in [-0.2, -0.15) is 0 Å². The number of esters is 1. The molecule has 2 N–H and O–H groups in total. The van der Waals surface area contributed by atoms with E-state index < -0.39 is 35.8 Å². The molecule has 0 radical (unpaired) electrons. The van der Waals surface area contributed by atoms with Gasteiger partial charge in [-0.3, -0.25) is 14.9 Å². The van der Waals surface area contributed by atoms with Crippen molar-refractivity contribution >= 4 is 34.6 Å². The van der Waals surface area contributed by atoms with E-state index in [0.29, 0.717) is 5.39 Å². The number of benzene rings is 2. The lowest BCUT2D eigenvalue weighted by Crippen LogP contribution is -2.37. The normalized spacial score (nSPS) is 10.3. The Morgan fingerprint density at radius 1 is 1.04 bits per heavy atom. The van der Waals surface area contributed by atoms with Crippen LogP contribution in [0, 0.1) is 5.82 Å². The number of anilines is 1. The Labute approximate surface area is 156 Å².